The van der Waals surface area contributed by atoms with E-state index >= 15 is 0 Å². The van der Waals surface area contributed by atoms with Crippen LogP contribution in [0.3, 0.4) is 0 Å². The van der Waals surface area contributed by atoms with Crippen LogP contribution in [0.15, 0.2) is 42.5 Å². The van der Waals surface area contributed by atoms with E-state index in [0.717, 1.165) is 63.0 Å². The predicted octanol–water partition coefficient (Wildman–Crippen LogP) is 4.49. The Hall–Kier alpha value is -3.04. The van der Waals surface area contributed by atoms with E-state index in [9.17, 15) is 10.1 Å². The average Bonchev–Trinajstić information content (AvgIpc) is 3.25. The van der Waals surface area contributed by atoms with Crippen LogP contribution in [0.4, 0.5) is 11.4 Å². The van der Waals surface area contributed by atoms with E-state index in [1.54, 1.807) is 0 Å². The number of rotatable bonds is 5. The van der Waals surface area contributed by atoms with Crippen molar-refractivity contribution in [2.45, 2.75) is 57.1 Å². The van der Waals surface area contributed by atoms with Crippen molar-refractivity contribution in [2.75, 3.05) is 36.9 Å². The Bertz CT molecular complexity index is 1080. The highest BCUT2D eigenvalue weighted by Gasteiger charge is 2.43. The van der Waals surface area contributed by atoms with Crippen LogP contribution in [0.1, 0.15) is 48.8 Å². The molecule has 2 N–H and O–H groups in total. The summed E-state index contributed by atoms with van der Waals surface area (Å²) >= 11 is 0. The van der Waals surface area contributed by atoms with E-state index in [1.165, 1.54) is 11.3 Å². The lowest BCUT2D eigenvalue weighted by molar-refractivity contribution is -0.136. The molecule has 3 aliphatic rings. The molecule has 3 heterocycles. The molecule has 0 bridgehead atoms. The van der Waals surface area contributed by atoms with E-state index in [2.05, 4.69) is 41.0 Å². The molecule has 2 fully saturated rings. The van der Waals surface area contributed by atoms with Crippen LogP contribution in [-0.4, -0.2) is 48.7 Å². The van der Waals surface area contributed by atoms with E-state index in [-0.39, 0.29) is 17.6 Å². The van der Waals surface area contributed by atoms with Crippen LogP contribution in [0.5, 0.6) is 0 Å². The first-order chi connectivity index (χ1) is 16.5. The summed E-state index contributed by atoms with van der Waals surface area (Å²) in [6.45, 7) is 5.13. The maximum Gasteiger partial charge on any atom is 0.222 e. The van der Waals surface area contributed by atoms with Gasteiger partial charge in [-0.3, -0.25) is 4.79 Å². The number of benzene rings is 2. The number of hydrogen-bond donors (Lipinski definition) is 2. The molecule has 6 nitrogen and oxygen atoms in total. The minimum Gasteiger partial charge on any atom is -0.385 e. The summed E-state index contributed by atoms with van der Waals surface area (Å²) in [6, 6.07) is 16.9. The molecular weight excluding hydrogens is 424 g/mol. The molecule has 0 radical (unpaired) electrons. The fourth-order valence-corrected chi connectivity index (χ4v) is 5.72. The third-order valence-corrected chi connectivity index (χ3v) is 7.84. The first-order valence-corrected chi connectivity index (χ1v) is 12.5. The number of amides is 1. The Morgan fingerprint density at radius 3 is 2.91 bits per heavy atom. The smallest absolute Gasteiger partial charge is 0.222 e. The topological polar surface area (TPSA) is 77.4 Å². The standard InChI is InChI=1S/C28H34N4O2/c1-20-6-8-24(15-23(20)17-29)31-25-16-28(34-19-25)10-12-32(13-11-28)27(33)9-7-21-14-22-4-2-3-5-26(22)30-18-21/h2-6,8,15,21,25,30-31H,7,9-14,16,18-19H2,1H3/t21?,25-/m0/s1. The number of aryl methyl sites for hydroxylation is 1. The Morgan fingerprint density at radius 1 is 1.26 bits per heavy atom. The number of hydrogen-bond acceptors (Lipinski definition) is 5. The molecule has 0 aliphatic carbocycles. The maximum atomic E-state index is 12.9. The van der Waals surface area contributed by atoms with Crippen LogP contribution >= 0.6 is 0 Å². The Morgan fingerprint density at radius 2 is 2.09 bits per heavy atom. The Labute approximate surface area is 202 Å². The average molecular weight is 459 g/mol. The first kappa shape index (κ1) is 22.7. The maximum absolute atomic E-state index is 12.9. The van der Waals surface area contributed by atoms with E-state index in [1.807, 2.05) is 30.0 Å². The van der Waals surface area contributed by atoms with Gasteiger partial charge >= 0.3 is 0 Å². The minimum absolute atomic E-state index is 0.131. The summed E-state index contributed by atoms with van der Waals surface area (Å²) in [5.74, 6) is 0.799. The van der Waals surface area contributed by atoms with Crippen molar-refractivity contribution >= 4 is 17.3 Å². The summed E-state index contributed by atoms with van der Waals surface area (Å²) in [6.07, 6.45) is 5.35. The van der Waals surface area contributed by atoms with Crippen LogP contribution < -0.4 is 10.6 Å². The van der Waals surface area contributed by atoms with Gasteiger partial charge in [0.2, 0.25) is 5.91 Å². The van der Waals surface area contributed by atoms with E-state index < -0.39 is 0 Å². The van der Waals surface area contributed by atoms with Gasteiger partial charge in [-0.25, -0.2) is 0 Å². The highest BCUT2D eigenvalue weighted by atomic mass is 16.5. The van der Waals surface area contributed by atoms with Gasteiger partial charge in [-0.1, -0.05) is 24.3 Å². The number of anilines is 2. The SMILES string of the molecule is Cc1ccc(N[C@@H]2COC3(CCN(C(=O)CCC4CNc5ccccc5C4)CC3)C2)cc1C#N. The molecule has 1 spiro atoms. The molecule has 1 amide bonds. The molecule has 178 valence electrons. The van der Waals surface area contributed by atoms with Gasteiger partial charge in [0.15, 0.2) is 0 Å². The zero-order valence-electron chi connectivity index (χ0n) is 20.0. The molecule has 0 aromatic heterocycles. The lowest BCUT2D eigenvalue weighted by Crippen LogP contribution is -2.46. The molecule has 2 saturated heterocycles. The summed E-state index contributed by atoms with van der Waals surface area (Å²) < 4.78 is 6.29. The fourth-order valence-electron chi connectivity index (χ4n) is 5.72. The second-order valence-electron chi connectivity index (χ2n) is 10.2. The van der Waals surface area contributed by atoms with Crippen LogP contribution in [0, 0.1) is 24.2 Å². The molecule has 2 atom stereocenters. The molecule has 34 heavy (non-hydrogen) atoms. The molecular formula is C28H34N4O2. The van der Waals surface area contributed by atoms with Crippen molar-refractivity contribution in [1.29, 1.82) is 5.26 Å². The summed E-state index contributed by atoms with van der Waals surface area (Å²) in [7, 11) is 0. The lowest BCUT2D eigenvalue weighted by Gasteiger charge is -2.39. The highest BCUT2D eigenvalue weighted by molar-refractivity contribution is 5.76. The first-order valence-electron chi connectivity index (χ1n) is 12.5. The summed E-state index contributed by atoms with van der Waals surface area (Å²) in [5, 5.41) is 16.4. The largest absolute Gasteiger partial charge is 0.385 e. The van der Waals surface area contributed by atoms with Gasteiger partial charge in [-0.15, -0.1) is 0 Å². The van der Waals surface area contributed by atoms with E-state index in [0.29, 0.717) is 24.5 Å². The second kappa shape index (κ2) is 9.68. The highest BCUT2D eigenvalue weighted by Crippen LogP contribution is 2.37. The van der Waals surface area contributed by atoms with Crippen molar-refractivity contribution < 1.29 is 9.53 Å². The van der Waals surface area contributed by atoms with Crippen molar-refractivity contribution in [1.82, 2.24) is 4.90 Å². The van der Waals surface area contributed by atoms with Crippen molar-refractivity contribution in [3.8, 4) is 6.07 Å². The van der Waals surface area contributed by atoms with Crippen molar-refractivity contribution in [2.24, 2.45) is 5.92 Å². The number of ether oxygens (including phenoxy) is 1. The lowest BCUT2D eigenvalue weighted by atomic mass is 9.86. The van der Waals surface area contributed by atoms with Crippen molar-refractivity contribution in [3.63, 3.8) is 0 Å². The number of carbonyl (C=O) groups excluding carboxylic acids is 1. The molecule has 2 aromatic rings. The zero-order chi connectivity index (χ0) is 23.5. The van der Waals surface area contributed by atoms with Crippen LogP contribution in [0.2, 0.25) is 0 Å². The summed E-state index contributed by atoms with van der Waals surface area (Å²) in [4.78, 5) is 14.9. The molecule has 6 heteroatoms. The van der Waals surface area contributed by atoms with Gasteiger partial charge in [0.1, 0.15) is 0 Å². The van der Waals surface area contributed by atoms with Crippen LogP contribution in [-0.2, 0) is 16.0 Å². The normalized spacial score (nSPS) is 23.1. The van der Waals surface area contributed by atoms with Gasteiger partial charge in [-0.05, 0) is 74.3 Å². The third-order valence-electron chi connectivity index (χ3n) is 7.84. The monoisotopic (exact) mass is 458 g/mol. The number of piperidine rings is 1. The fraction of sp³-hybridized carbons (Fsp3) is 0.500. The number of para-hydroxylation sites is 1. The van der Waals surface area contributed by atoms with Gasteiger partial charge in [0.05, 0.1) is 29.9 Å². The number of fused-ring (bicyclic) bond motifs is 1. The number of nitriles is 1. The zero-order valence-corrected chi connectivity index (χ0v) is 20.0. The molecule has 3 aliphatic heterocycles. The number of likely N-dealkylation sites (tertiary alicyclic amines) is 1. The second-order valence-corrected chi connectivity index (χ2v) is 10.2. The van der Waals surface area contributed by atoms with Gasteiger partial charge in [0.25, 0.3) is 0 Å². The Kier molecular flexibility index (Phi) is 6.47. The van der Waals surface area contributed by atoms with Gasteiger partial charge < -0.3 is 20.3 Å². The predicted molar refractivity (Wildman–Crippen MR) is 134 cm³/mol. The quantitative estimate of drug-likeness (QED) is 0.690. The molecule has 1 unspecified atom stereocenters. The van der Waals surface area contributed by atoms with Gasteiger partial charge in [-0.2, -0.15) is 5.26 Å². The van der Waals surface area contributed by atoms with Gasteiger partial charge in [0, 0.05) is 37.4 Å². The van der Waals surface area contributed by atoms with Crippen LogP contribution in [0.25, 0.3) is 0 Å². The Balaban J connectivity index is 1.08. The number of carbonyl (C=O) groups is 1. The molecule has 5 rings (SSSR count). The minimum atomic E-state index is -0.131. The molecule has 2 aromatic carbocycles. The third kappa shape index (κ3) is 4.90. The molecule has 0 saturated carbocycles. The number of nitrogens with zero attached hydrogens (tertiary/aromatic N) is 2. The van der Waals surface area contributed by atoms with E-state index in [4.69, 9.17) is 4.74 Å². The summed E-state index contributed by atoms with van der Waals surface area (Å²) in [5.41, 5.74) is 5.15. The van der Waals surface area contributed by atoms with Crippen molar-refractivity contribution in [3.05, 3.63) is 59.2 Å². The number of nitrogens with one attached hydrogen (secondary N) is 2.